The molecule has 0 spiro atoms. The molecule has 6 nitrogen and oxygen atoms in total. The van der Waals surface area contributed by atoms with E-state index in [1.165, 1.54) is 13.4 Å². The summed E-state index contributed by atoms with van der Waals surface area (Å²) in [4.78, 5) is 29.5. The molecule has 22 heavy (non-hydrogen) atoms. The van der Waals surface area contributed by atoms with Gasteiger partial charge in [-0.15, -0.1) is 0 Å². The molecule has 0 unspecified atom stereocenters. The number of ether oxygens (including phenoxy) is 1. The first-order valence-electron chi connectivity index (χ1n) is 7.92. The van der Waals surface area contributed by atoms with Gasteiger partial charge in [0.25, 0.3) is 0 Å². The van der Waals surface area contributed by atoms with Crippen molar-refractivity contribution in [3.8, 4) is 0 Å². The Hall–Kier alpha value is -1.85. The third kappa shape index (κ3) is 5.87. The van der Waals surface area contributed by atoms with Gasteiger partial charge >= 0.3 is 5.97 Å². The van der Waals surface area contributed by atoms with E-state index in [0.29, 0.717) is 25.4 Å². The number of nitrogens with zero attached hydrogens (tertiary/aromatic N) is 2. The fourth-order valence-electron chi connectivity index (χ4n) is 2.08. The lowest BCUT2D eigenvalue weighted by Gasteiger charge is -2.21. The van der Waals surface area contributed by atoms with Crippen molar-refractivity contribution in [3.05, 3.63) is 17.8 Å². The summed E-state index contributed by atoms with van der Waals surface area (Å²) in [7, 11) is 1.29. The van der Waals surface area contributed by atoms with Gasteiger partial charge in [-0.2, -0.15) is 0 Å². The summed E-state index contributed by atoms with van der Waals surface area (Å²) in [6, 6.07) is 0. The molecule has 0 radical (unpaired) electrons. The van der Waals surface area contributed by atoms with Gasteiger partial charge in [0.15, 0.2) is 5.69 Å². The summed E-state index contributed by atoms with van der Waals surface area (Å²) in [5, 5.41) is 0. The van der Waals surface area contributed by atoms with E-state index in [1.54, 1.807) is 4.90 Å². The molecule has 0 fully saturated rings. The Kier molecular flexibility index (Phi) is 8.25. The van der Waals surface area contributed by atoms with Gasteiger partial charge in [0.2, 0.25) is 11.8 Å². The Morgan fingerprint density at radius 1 is 1.23 bits per heavy atom. The monoisotopic (exact) mass is 310 g/mol. The summed E-state index contributed by atoms with van der Waals surface area (Å²) < 4.78 is 9.87. The predicted octanol–water partition coefficient (Wildman–Crippen LogP) is 3.17. The number of carbonyl (C=O) groups excluding carboxylic acids is 2. The van der Waals surface area contributed by atoms with Crippen molar-refractivity contribution >= 4 is 11.9 Å². The normalized spacial score (nSPS) is 10.5. The molecule has 0 aromatic carbocycles. The molecular weight excluding hydrogens is 284 g/mol. The molecule has 1 aromatic heterocycles. The zero-order chi connectivity index (χ0) is 16.4. The Morgan fingerprint density at radius 3 is 2.59 bits per heavy atom. The number of aromatic nitrogens is 1. The molecule has 6 heteroatoms. The van der Waals surface area contributed by atoms with E-state index in [2.05, 4.69) is 23.6 Å². The van der Waals surface area contributed by atoms with Crippen molar-refractivity contribution in [2.45, 2.75) is 58.9 Å². The third-order valence-electron chi connectivity index (χ3n) is 3.40. The second kappa shape index (κ2) is 9.97. The second-order valence-electron chi connectivity index (χ2n) is 5.24. The number of hydrogen-bond acceptors (Lipinski definition) is 5. The molecule has 0 saturated heterocycles. The molecule has 0 saturated carbocycles. The van der Waals surface area contributed by atoms with Crippen LogP contribution in [0.15, 0.2) is 10.7 Å². The highest BCUT2D eigenvalue weighted by Crippen LogP contribution is 2.11. The van der Waals surface area contributed by atoms with Gasteiger partial charge in [-0.3, -0.25) is 4.79 Å². The molecule has 1 rings (SSSR count). The van der Waals surface area contributed by atoms with Crippen LogP contribution in [0.3, 0.4) is 0 Å². The SMILES string of the molecule is CCCCCN(Cc1nc(C(=O)OC)co1)C(=O)CCCC. The van der Waals surface area contributed by atoms with Gasteiger partial charge in [0.05, 0.1) is 13.7 Å². The number of unbranched alkanes of at least 4 members (excludes halogenated alkanes) is 3. The van der Waals surface area contributed by atoms with E-state index in [0.717, 1.165) is 32.1 Å². The molecule has 0 N–H and O–H groups in total. The molecular formula is C16H26N2O4. The van der Waals surface area contributed by atoms with Crippen LogP contribution >= 0.6 is 0 Å². The number of oxazole rings is 1. The molecule has 0 bridgehead atoms. The van der Waals surface area contributed by atoms with Crippen molar-refractivity contribution in [1.29, 1.82) is 0 Å². The van der Waals surface area contributed by atoms with Crippen molar-refractivity contribution < 1.29 is 18.7 Å². The average Bonchev–Trinajstić information content (AvgIpc) is 2.99. The van der Waals surface area contributed by atoms with Crippen LogP contribution in [0.25, 0.3) is 0 Å². The second-order valence-corrected chi connectivity index (χ2v) is 5.24. The summed E-state index contributed by atoms with van der Waals surface area (Å²) in [6.45, 7) is 5.17. The van der Waals surface area contributed by atoms with Gasteiger partial charge < -0.3 is 14.1 Å². The average molecular weight is 310 g/mol. The smallest absolute Gasteiger partial charge is 0.360 e. The largest absolute Gasteiger partial charge is 0.464 e. The molecule has 1 aromatic rings. The van der Waals surface area contributed by atoms with Crippen LogP contribution in [0.4, 0.5) is 0 Å². The number of amides is 1. The minimum atomic E-state index is -0.537. The number of hydrogen-bond donors (Lipinski definition) is 0. The zero-order valence-electron chi connectivity index (χ0n) is 13.8. The first-order valence-corrected chi connectivity index (χ1v) is 7.92. The van der Waals surface area contributed by atoms with Gasteiger partial charge in [-0.05, 0) is 12.8 Å². The van der Waals surface area contributed by atoms with E-state index in [1.807, 2.05) is 0 Å². The molecule has 0 aliphatic rings. The molecule has 1 heterocycles. The Bertz CT molecular complexity index is 470. The van der Waals surface area contributed by atoms with E-state index >= 15 is 0 Å². The highest BCUT2D eigenvalue weighted by molar-refractivity contribution is 5.86. The summed E-state index contributed by atoms with van der Waals surface area (Å²) in [6.07, 6.45) is 6.80. The lowest BCUT2D eigenvalue weighted by Crippen LogP contribution is -2.31. The van der Waals surface area contributed by atoms with Crippen LogP contribution in [-0.4, -0.2) is 35.4 Å². The Morgan fingerprint density at radius 2 is 1.95 bits per heavy atom. The van der Waals surface area contributed by atoms with Crippen molar-refractivity contribution in [1.82, 2.24) is 9.88 Å². The van der Waals surface area contributed by atoms with Crippen LogP contribution in [0.1, 0.15) is 68.8 Å². The first-order chi connectivity index (χ1) is 10.6. The van der Waals surface area contributed by atoms with Crippen LogP contribution < -0.4 is 0 Å². The minimum Gasteiger partial charge on any atom is -0.464 e. The zero-order valence-corrected chi connectivity index (χ0v) is 13.8. The van der Waals surface area contributed by atoms with E-state index in [4.69, 9.17) is 4.42 Å². The number of rotatable bonds is 10. The number of esters is 1. The van der Waals surface area contributed by atoms with Crippen molar-refractivity contribution in [2.75, 3.05) is 13.7 Å². The molecule has 124 valence electrons. The summed E-state index contributed by atoms with van der Waals surface area (Å²) in [5.74, 6) is -0.0673. The predicted molar refractivity (Wildman–Crippen MR) is 82.3 cm³/mol. The van der Waals surface area contributed by atoms with Crippen LogP contribution in [-0.2, 0) is 16.1 Å². The van der Waals surface area contributed by atoms with Gasteiger partial charge in [0.1, 0.15) is 6.26 Å². The summed E-state index contributed by atoms with van der Waals surface area (Å²) >= 11 is 0. The first kappa shape index (κ1) is 18.2. The van der Waals surface area contributed by atoms with E-state index in [-0.39, 0.29) is 11.6 Å². The van der Waals surface area contributed by atoms with E-state index in [9.17, 15) is 9.59 Å². The summed E-state index contributed by atoms with van der Waals surface area (Å²) in [5.41, 5.74) is 0.131. The van der Waals surface area contributed by atoms with Crippen LogP contribution in [0.2, 0.25) is 0 Å². The van der Waals surface area contributed by atoms with Crippen LogP contribution in [0, 0.1) is 0 Å². The van der Waals surface area contributed by atoms with Crippen molar-refractivity contribution in [2.24, 2.45) is 0 Å². The fraction of sp³-hybridized carbons (Fsp3) is 0.688. The maximum atomic E-state index is 12.3. The van der Waals surface area contributed by atoms with Gasteiger partial charge in [-0.25, -0.2) is 9.78 Å². The lowest BCUT2D eigenvalue weighted by atomic mass is 10.2. The third-order valence-corrected chi connectivity index (χ3v) is 3.40. The molecule has 0 atom stereocenters. The maximum Gasteiger partial charge on any atom is 0.360 e. The fourth-order valence-corrected chi connectivity index (χ4v) is 2.08. The Labute approximate surface area is 131 Å². The van der Waals surface area contributed by atoms with Gasteiger partial charge in [0, 0.05) is 13.0 Å². The minimum absolute atomic E-state index is 0.107. The molecule has 0 aliphatic carbocycles. The quantitative estimate of drug-likeness (QED) is 0.490. The number of methoxy groups -OCH3 is 1. The van der Waals surface area contributed by atoms with Crippen molar-refractivity contribution in [3.63, 3.8) is 0 Å². The lowest BCUT2D eigenvalue weighted by molar-refractivity contribution is -0.132. The topological polar surface area (TPSA) is 72.6 Å². The maximum absolute atomic E-state index is 12.3. The highest BCUT2D eigenvalue weighted by atomic mass is 16.5. The van der Waals surface area contributed by atoms with E-state index < -0.39 is 5.97 Å². The standard InChI is InChI=1S/C16H26N2O4/c1-4-6-8-10-18(15(19)9-7-5-2)11-14-17-13(12-22-14)16(20)21-3/h12H,4-11H2,1-3H3. The van der Waals surface area contributed by atoms with Gasteiger partial charge in [-0.1, -0.05) is 33.1 Å². The van der Waals surface area contributed by atoms with Crippen LogP contribution in [0.5, 0.6) is 0 Å². The molecule has 1 amide bonds. The molecule has 0 aliphatic heterocycles. The highest BCUT2D eigenvalue weighted by Gasteiger charge is 2.18. The Balaban J connectivity index is 2.67. The number of carbonyl (C=O) groups is 2.